The number of benzene rings is 2. The maximum Gasteiger partial charge on any atom is 0.263 e. The van der Waals surface area contributed by atoms with Crippen LogP contribution < -0.4 is 9.64 Å². The zero-order valence-corrected chi connectivity index (χ0v) is 15.6. The highest BCUT2D eigenvalue weighted by Crippen LogP contribution is 2.27. The second kappa shape index (κ2) is 7.68. The number of aryl methyl sites for hydroxylation is 1. The summed E-state index contributed by atoms with van der Waals surface area (Å²) in [6.07, 6.45) is -0.521. The van der Waals surface area contributed by atoms with Gasteiger partial charge in [-0.15, -0.1) is 0 Å². The minimum Gasteiger partial charge on any atom is -0.506 e. The molecule has 1 amide bonds. The standard InChI is InChI=1S/C21H26N2O3/c1-15-7-6-10-20(16(15)2)26-17(3)21(25)23-13-11-22(12-14-23)18-8-4-5-9-19(18)24/h4-10,17,24H,11-14H2,1-3H3/t17-/m1/s1. The normalized spacial score (nSPS) is 15.7. The van der Waals surface area contributed by atoms with E-state index < -0.39 is 6.10 Å². The predicted octanol–water partition coefficient (Wildman–Crippen LogP) is 3.13. The van der Waals surface area contributed by atoms with Gasteiger partial charge in [-0.05, 0) is 50.1 Å². The smallest absolute Gasteiger partial charge is 0.263 e. The van der Waals surface area contributed by atoms with Gasteiger partial charge in [-0.1, -0.05) is 24.3 Å². The van der Waals surface area contributed by atoms with E-state index in [1.165, 1.54) is 0 Å². The number of aromatic hydroxyl groups is 1. The Kier molecular flexibility index (Phi) is 5.35. The van der Waals surface area contributed by atoms with Crippen LogP contribution in [0.1, 0.15) is 18.1 Å². The number of carbonyl (C=O) groups is 1. The maximum absolute atomic E-state index is 12.7. The number of para-hydroxylation sites is 2. The molecule has 138 valence electrons. The van der Waals surface area contributed by atoms with Crippen LogP contribution in [0.5, 0.6) is 11.5 Å². The second-order valence-corrected chi connectivity index (χ2v) is 6.76. The highest BCUT2D eigenvalue weighted by molar-refractivity contribution is 5.81. The van der Waals surface area contributed by atoms with Crippen LogP contribution in [0, 0.1) is 13.8 Å². The fourth-order valence-corrected chi connectivity index (χ4v) is 3.25. The van der Waals surface area contributed by atoms with Gasteiger partial charge in [0.25, 0.3) is 5.91 Å². The van der Waals surface area contributed by atoms with E-state index in [0.29, 0.717) is 26.2 Å². The molecule has 1 saturated heterocycles. The highest BCUT2D eigenvalue weighted by Gasteiger charge is 2.27. The molecule has 0 aromatic heterocycles. The van der Waals surface area contributed by atoms with Crippen molar-refractivity contribution in [2.75, 3.05) is 31.1 Å². The summed E-state index contributed by atoms with van der Waals surface area (Å²) in [6, 6.07) is 13.2. The molecule has 0 saturated carbocycles. The molecule has 5 heteroatoms. The lowest BCUT2D eigenvalue weighted by atomic mass is 10.1. The van der Waals surface area contributed by atoms with Crippen LogP contribution in [0.15, 0.2) is 42.5 Å². The first-order valence-corrected chi connectivity index (χ1v) is 9.02. The van der Waals surface area contributed by atoms with Gasteiger partial charge in [0.05, 0.1) is 5.69 Å². The number of amides is 1. The van der Waals surface area contributed by atoms with Gasteiger partial charge >= 0.3 is 0 Å². The quantitative estimate of drug-likeness (QED) is 0.917. The average molecular weight is 354 g/mol. The van der Waals surface area contributed by atoms with E-state index in [1.54, 1.807) is 13.0 Å². The van der Waals surface area contributed by atoms with Crippen molar-refractivity contribution in [2.24, 2.45) is 0 Å². The predicted molar refractivity (Wildman–Crippen MR) is 103 cm³/mol. The van der Waals surface area contributed by atoms with Crippen molar-refractivity contribution in [1.82, 2.24) is 4.90 Å². The molecule has 0 unspecified atom stereocenters. The van der Waals surface area contributed by atoms with E-state index in [0.717, 1.165) is 22.6 Å². The molecule has 1 aliphatic heterocycles. The first-order valence-electron chi connectivity index (χ1n) is 9.02. The molecule has 3 rings (SSSR count). The Labute approximate surface area is 154 Å². The third-order valence-corrected chi connectivity index (χ3v) is 5.02. The number of hydrogen-bond donors (Lipinski definition) is 1. The molecular formula is C21H26N2O3. The van der Waals surface area contributed by atoms with Gasteiger partial charge in [-0.25, -0.2) is 0 Å². The number of nitrogens with zero attached hydrogens (tertiary/aromatic N) is 2. The van der Waals surface area contributed by atoms with Gasteiger partial charge < -0.3 is 19.6 Å². The number of carbonyl (C=O) groups excluding carboxylic acids is 1. The summed E-state index contributed by atoms with van der Waals surface area (Å²) >= 11 is 0. The van der Waals surface area contributed by atoms with E-state index in [1.807, 2.05) is 55.1 Å². The molecule has 0 aliphatic carbocycles. The summed E-state index contributed by atoms with van der Waals surface area (Å²) in [5, 5.41) is 10.00. The van der Waals surface area contributed by atoms with E-state index >= 15 is 0 Å². The number of hydrogen-bond acceptors (Lipinski definition) is 4. The lowest BCUT2D eigenvalue weighted by Gasteiger charge is -2.37. The van der Waals surface area contributed by atoms with Crippen molar-refractivity contribution in [3.8, 4) is 11.5 Å². The molecule has 1 heterocycles. The summed E-state index contributed by atoms with van der Waals surface area (Å²) in [7, 11) is 0. The molecule has 26 heavy (non-hydrogen) atoms. The van der Waals surface area contributed by atoms with Gasteiger partial charge in [0.1, 0.15) is 11.5 Å². The molecule has 1 atom stereocenters. The Balaban J connectivity index is 1.59. The Morgan fingerprint density at radius 1 is 1.04 bits per heavy atom. The molecule has 0 bridgehead atoms. The fourth-order valence-electron chi connectivity index (χ4n) is 3.25. The Bertz CT molecular complexity index is 783. The molecule has 1 fully saturated rings. The van der Waals surface area contributed by atoms with E-state index in [4.69, 9.17) is 4.74 Å². The summed E-state index contributed by atoms with van der Waals surface area (Å²) in [5.41, 5.74) is 3.04. The number of piperazine rings is 1. The van der Waals surface area contributed by atoms with Crippen LogP contribution in [0.3, 0.4) is 0 Å². The van der Waals surface area contributed by atoms with Crippen molar-refractivity contribution < 1.29 is 14.6 Å². The minimum atomic E-state index is -0.521. The summed E-state index contributed by atoms with van der Waals surface area (Å²) in [5.74, 6) is 1.04. The van der Waals surface area contributed by atoms with Gasteiger partial charge in [0.15, 0.2) is 6.10 Å². The molecule has 1 aliphatic rings. The summed E-state index contributed by atoms with van der Waals surface area (Å²) in [6.45, 7) is 8.47. The zero-order valence-electron chi connectivity index (χ0n) is 15.6. The van der Waals surface area contributed by atoms with Crippen LogP contribution in [0.4, 0.5) is 5.69 Å². The number of phenolic OH excluding ortho intramolecular Hbond substituents is 1. The molecule has 0 spiro atoms. The van der Waals surface area contributed by atoms with E-state index in [9.17, 15) is 9.90 Å². The number of ether oxygens (including phenoxy) is 1. The van der Waals surface area contributed by atoms with Gasteiger partial charge in [-0.2, -0.15) is 0 Å². The number of phenols is 1. The van der Waals surface area contributed by atoms with Crippen molar-refractivity contribution in [3.05, 3.63) is 53.6 Å². The van der Waals surface area contributed by atoms with Gasteiger partial charge in [0, 0.05) is 26.2 Å². The maximum atomic E-state index is 12.7. The molecule has 0 radical (unpaired) electrons. The topological polar surface area (TPSA) is 53.0 Å². The lowest BCUT2D eigenvalue weighted by Crippen LogP contribution is -2.52. The average Bonchev–Trinajstić information content (AvgIpc) is 2.65. The van der Waals surface area contributed by atoms with Gasteiger partial charge in [-0.3, -0.25) is 4.79 Å². The SMILES string of the molecule is Cc1cccc(O[C@H](C)C(=O)N2CCN(c3ccccc3O)CC2)c1C. The summed E-state index contributed by atoms with van der Waals surface area (Å²) < 4.78 is 5.93. The zero-order chi connectivity index (χ0) is 18.7. The molecule has 2 aromatic carbocycles. The largest absolute Gasteiger partial charge is 0.506 e. The van der Waals surface area contributed by atoms with Crippen LogP contribution in [-0.4, -0.2) is 48.2 Å². The fraction of sp³-hybridized carbons (Fsp3) is 0.381. The number of anilines is 1. The third-order valence-electron chi connectivity index (χ3n) is 5.02. The van der Waals surface area contributed by atoms with Crippen molar-refractivity contribution in [3.63, 3.8) is 0 Å². The van der Waals surface area contributed by atoms with Crippen LogP contribution in [0.25, 0.3) is 0 Å². The molecule has 1 N–H and O–H groups in total. The van der Waals surface area contributed by atoms with Crippen molar-refractivity contribution in [2.45, 2.75) is 26.9 Å². The van der Waals surface area contributed by atoms with Crippen LogP contribution in [-0.2, 0) is 4.79 Å². The second-order valence-electron chi connectivity index (χ2n) is 6.76. The molecule has 5 nitrogen and oxygen atoms in total. The van der Waals surface area contributed by atoms with Crippen molar-refractivity contribution >= 4 is 11.6 Å². The first kappa shape index (κ1) is 18.1. The molecular weight excluding hydrogens is 328 g/mol. The van der Waals surface area contributed by atoms with Crippen molar-refractivity contribution in [1.29, 1.82) is 0 Å². The lowest BCUT2D eigenvalue weighted by molar-refractivity contribution is -0.138. The van der Waals surface area contributed by atoms with Crippen LogP contribution >= 0.6 is 0 Å². The molecule has 2 aromatic rings. The van der Waals surface area contributed by atoms with Gasteiger partial charge in [0.2, 0.25) is 0 Å². The Morgan fingerprint density at radius 3 is 2.42 bits per heavy atom. The first-order chi connectivity index (χ1) is 12.5. The Morgan fingerprint density at radius 2 is 1.73 bits per heavy atom. The van der Waals surface area contributed by atoms with E-state index in [2.05, 4.69) is 4.90 Å². The monoisotopic (exact) mass is 354 g/mol. The minimum absolute atomic E-state index is 0.00263. The van der Waals surface area contributed by atoms with Crippen LogP contribution in [0.2, 0.25) is 0 Å². The van der Waals surface area contributed by atoms with E-state index in [-0.39, 0.29) is 11.7 Å². The summed E-state index contributed by atoms with van der Waals surface area (Å²) in [4.78, 5) is 16.7. The highest BCUT2D eigenvalue weighted by atomic mass is 16.5. The Hall–Kier alpha value is -2.69. The third kappa shape index (κ3) is 3.77. The number of rotatable bonds is 4.